The minimum atomic E-state index is 0.143. The lowest BCUT2D eigenvalue weighted by molar-refractivity contribution is 0.473. The number of pyridine rings is 2. The van der Waals surface area contributed by atoms with Crippen LogP contribution in [0.1, 0.15) is 78.4 Å². The largest absolute Gasteiger partial charge is 0.295 e. The van der Waals surface area contributed by atoms with Gasteiger partial charge in [-0.15, -0.1) is 0 Å². The summed E-state index contributed by atoms with van der Waals surface area (Å²) < 4.78 is 0. The van der Waals surface area contributed by atoms with Crippen LogP contribution in [-0.2, 0) is 10.8 Å². The average Bonchev–Trinajstić information content (AvgIpc) is 3.04. The molecule has 5 aromatic rings. The molecule has 0 saturated heterocycles. The molecule has 2 aromatic heterocycles. The summed E-state index contributed by atoms with van der Waals surface area (Å²) in [6.07, 6.45) is 8.34. The standard InChI is InChI=1S/C40H46N4/c1-7-27-39(3,4)31-15-19-33(20-16-31)43(37-13-9-11-29-41-37)35-23-25-36(26-24-35)44(38-14-10-12-30-42-38)34-21-17-32(18-22-34)40(5,6)28-8-2/h9-26,29-30H,7-8,27-28H2,1-6H3. The first-order valence-corrected chi connectivity index (χ1v) is 16.0. The molecule has 2 heterocycles. The van der Waals surface area contributed by atoms with Crippen molar-refractivity contribution in [3.8, 4) is 0 Å². The lowest BCUT2D eigenvalue weighted by Gasteiger charge is -2.29. The van der Waals surface area contributed by atoms with E-state index in [1.54, 1.807) is 0 Å². The number of nitrogens with zero attached hydrogens (tertiary/aromatic N) is 4. The summed E-state index contributed by atoms with van der Waals surface area (Å²) in [5.74, 6) is 1.76. The lowest BCUT2D eigenvalue weighted by atomic mass is 9.81. The molecule has 0 radical (unpaired) electrons. The van der Waals surface area contributed by atoms with Crippen molar-refractivity contribution in [2.75, 3.05) is 9.80 Å². The molecule has 0 fully saturated rings. The molecule has 0 N–H and O–H groups in total. The van der Waals surface area contributed by atoms with Crippen LogP contribution in [-0.4, -0.2) is 9.97 Å². The second-order valence-electron chi connectivity index (χ2n) is 12.9. The van der Waals surface area contributed by atoms with Crippen LogP contribution >= 0.6 is 0 Å². The van der Waals surface area contributed by atoms with Gasteiger partial charge >= 0.3 is 0 Å². The first-order chi connectivity index (χ1) is 21.2. The summed E-state index contributed by atoms with van der Waals surface area (Å²) in [6.45, 7) is 13.8. The number of rotatable bonds is 12. The van der Waals surface area contributed by atoms with Gasteiger partial charge in [0.2, 0.25) is 0 Å². The normalized spacial score (nSPS) is 11.8. The van der Waals surface area contributed by atoms with Crippen LogP contribution in [0.25, 0.3) is 0 Å². The topological polar surface area (TPSA) is 32.3 Å². The van der Waals surface area contributed by atoms with Crippen molar-refractivity contribution in [1.82, 2.24) is 9.97 Å². The van der Waals surface area contributed by atoms with Crippen LogP contribution in [0.3, 0.4) is 0 Å². The summed E-state index contributed by atoms with van der Waals surface area (Å²) >= 11 is 0. The van der Waals surface area contributed by atoms with Gasteiger partial charge in [-0.1, -0.05) is 90.8 Å². The summed E-state index contributed by atoms with van der Waals surface area (Å²) in [4.78, 5) is 13.9. The Hall–Kier alpha value is -4.44. The quantitative estimate of drug-likeness (QED) is 0.146. The van der Waals surface area contributed by atoms with E-state index in [1.165, 1.54) is 11.1 Å². The Balaban J connectivity index is 1.52. The molecule has 0 amide bonds. The van der Waals surface area contributed by atoms with E-state index in [-0.39, 0.29) is 10.8 Å². The second kappa shape index (κ2) is 13.5. The third-order valence-corrected chi connectivity index (χ3v) is 8.69. The SMILES string of the molecule is CCCC(C)(C)c1ccc(N(c2ccc(N(c3ccc(C(C)(C)CCC)cc3)c3ccccn3)cc2)c2ccccn2)cc1. The second-order valence-corrected chi connectivity index (χ2v) is 12.9. The number of benzene rings is 3. The molecule has 4 nitrogen and oxygen atoms in total. The van der Waals surface area contributed by atoms with Gasteiger partial charge in [-0.3, -0.25) is 9.80 Å². The fourth-order valence-corrected chi connectivity index (χ4v) is 6.21. The summed E-state index contributed by atoms with van der Waals surface area (Å²) in [5, 5.41) is 0. The zero-order valence-electron chi connectivity index (χ0n) is 27.2. The molecule has 3 aromatic carbocycles. The Bertz CT molecular complexity index is 1470. The number of aromatic nitrogens is 2. The lowest BCUT2D eigenvalue weighted by Crippen LogP contribution is -2.17. The highest BCUT2D eigenvalue weighted by molar-refractivity contribution is 5.79. The van der Waals surface area contributed by atoms with Gasteiger partial charge in [0.15, 0.2) is 0 Å². The molecule has 0 aliphatic heterocycles. The fraction of sp³-hybridized carbons (Fsp3) is 0.300. The first kappa shape index (κ1) is 31.0. The van der Waals surface area contributed by atoms with Gasteiger partial charge in [0.1, 0.15) is 11.6 Å². The molecule has 5 rings (SSSR count). The van der Waals surface area contributed by atoms with Gasteiger partial charge in [0, 0.05) is 35.1 Å². The molecular formula is C40H46N4. The zero-order valence-corrected chi connectivity index (χ0v) is 27.2. The van der Waals surface area contributed by atoms with E-state index in [0.29, 0.717) is 0 Å². The first-order valence-electron chi connectivity index (χ1n) is 16.0. The van der Waals surface area contributed by atoms with Gasteiger partial charge in [0.25, 0.3) is 0 Å². The third-order valence-electron chi connectivity index (χ3n) is 8.69. The summed E-state index contributed by atoms with van der Waals surface area (Å²) in [7, 11) is 0. The molecule has 0 bridgehead atoms. The Morgan fingerprint density at radius 2 is 0.773 bits per heavy atom. The molecule has 226 valence electrons. The van der Waals surface area contributed by atoms with E-state index >= 15 is 0 Å². The van der Waals surface area contributed by atoms with Gasteiger partial charge in [-0.05, 0) is 108 Å². The van der Waals surface area contributed by atoms with Gasteiger partial charge in [-0.25, -0.2) is 9.97 Å². The van der Waals surface area contributed by atoms with Crippen LogP contribution in [0, 0.1) is 0 Å². The van der Waals surface area contributed by atoms with Crippen molar-refractivity contribution in [3.05, 3.63) is 133 Å². The predicted octanol–water partition coefficient (Wildman–Crippen LogP) is 11.6. The van der Waals surface area contributed by atoms with Crippen molar-refractivity contribution < 1.29 is 0 Å². The molecule has 0 spiro atoms. The maximum absolute atomic E-state index is 4.73. The van der Waals surface area contributed by atoms with Crippen molar-refractivity contribution in [2.45, 2.75) is 78.1 Å². The number of hydrogen-bond donors (Lipinski definition) is 0. The Kier molecular flexibility index (Phi) is 9.49. The van der Waals surface area contributed by atoms with Crippen LogP contribution in [0.5, 0.6) is 0 Å². The Morgan fingerprint density at radius 1 is 0.455 bits per heavy atom. The Morgan fingerprint density at radius 3 is 1.05 bits per heavy atom. The number of anilines is 6. The van der Waals surface area contributed by atoms with Gasteiger partial charge in [-0.2, -0.15) is 0 Å². The van der Waals surface area contributed by atoms with E-state index in [2.05, 4.69) is 136 Å². The Labute approximate surface area is 264 Å². The van der Waals surface area contributed by atoms with Crippen LogP contribution in [0.2, 0.25) is 0 Å². The minimum absolute atomic E-state index is 0.143. The molecule has 0 atom stereocenters. The van der Waals surface area contributed by atoms with Crippen LogP contribution < -0.4 is 9.80 Å². The maximum atomic E-state index is 4.73. The third kappa shape index (κ3) is 6.86. The molecule has 0 saturated carbocycles. The van der Waals surface area contributed by atoms with E-state index in [0.717, 1.165) is 60.1 Å². The highest BCUT2D eigenvalue weighted by Crippen LogP contribution is 2.39. The number of hydrogen-bond acceptors (Lipinski definition) is 4. The molecule has 44 heavy (non-hydrogen) atoms. The summed E-state index contributed by atoms with van der Waals surface area (Å²) in [5.41, 5.74) is 7.26. The van der Waals surface area contributed by atoms with Gasteiger partial charge in [0.05, 0.1) is 0 Å². The van der Waals surface area contributed by atoms with Crippen molar-refractivity contribution in [3.63, 3.8) is 0 Å². The minimum Gasteiger partial charge on any atom is -0.295 e. The van der Waals surface area contributed by atoms with Crippen LogP contribution in [0.4, 0.5) is 34.4 Å². The molecule has 0 unspecified atom stereocenters. The van der Waals surface area contributed by atoms with Crippen molar-refractivity contribution in [1.29, 1.82) is 0 Å². The highest BCUT2D eigenvalue weighted by Gasteiger charge is 2.22. The van der Waals surface area contributed by atoms with E-state index in [4.69, 9.17) is 9.97 Å². The van der Waals surface area contributed by atoms with Crippen LogP contribution in [0.15, 0.2) is 122 Å². The fourth-order valence-electron chi connectivity index (χ4n) is 6.21. The summed E-state index contributed by atoms with van der Waals surface area (Å²) in [6, 6.07) is 38.8. The van der Waals surface area contributed by atoms with Crippen molar-refractivity contribution in [2.24, 2.45) is 0 Å². The monoisotopic (exact) mass is 582 g/mol. The smallest absolute Gasteiger partial charge is 0.137 e. The zero-order chi connectivity index (χ0) is 31.2. The molecule has 0 aliphatic rings. The van der Waals surface area contributed by atoms with E-state index in [1.807, 2.05) is 36.7 Å². The average molecular weight is 583 g/mol. The molecular weight excluding hydrogens is 536 g/mol. The predicted molar refractivity (Wildman–Crippen MR) is 187 cm³/mol. The molecule has 4 heteroatoms. The van der Waals surface area contributed by atoms with E-state index < -0.39 is 0 Å². The van der Waals surface area contributed by atoms with Gasteiger partial charge < -0.3 is 0 Å². The maximum Gasteiger partial charge on any atom is 0.137 e. The molecule has 0 aliphatic carbocycles. The van der Waals surface area contributed by atoms with Crippen molar-refractivity contribution >= 4 is 34.4 Å². The highest BCUT2D eigenvalue weighted by atomic mass is 15.2. The van der Waals surface area contributed by atoms with E-state index in [9.17, 15) is 0 Å².